The van der Waals surface area contributed by atoms with Gasteiger partial charge in [0.05, 0.1) is 17.2 Å². The van der Waals surface area contributed by atoms with Gasteiger partial charge in [-0.15, -0.1) is 0 Å². The smallest absolute Gasteiger partial charge is 0.367 e. The van der Waals surface area contributed by atoms with Crippen molar-refractivity contribution in [1.82, 2.24) is 4.90 Å². The van der Waals surface area contributed by atoms with E-state index < -0.39 is 40.5 Å². The molecular weight excluding hydrogens is 460 g/mol. The number of benzene rings is 2. The molecule has 0 radical (unpaired) electrons. The average Bonchev–Trinajstić information content (AvgIpc) is 2.74. The summed E-state index contributed by atoms with van der Waals surface area (Å²) in [7, 11) is 0. The van der Waals surface area contributed by atoms with Gasteiger partial charge >= 0.3 is 12.4 Å². The normalized spacial score (nSPS) is 16.4. The molecule has 11 heteroatoms. The van der Waals surface area contributed by atoms with E-state index >= 15 is 0 Å². The molecule has 1 amide bonds. The highest BCUT2D eigenvalue weighted by molar-refractivity contribution is 6.30. The van der Waals surface area contributed by atoms with Gasteiger partial charge in [-0.25, -0.2) is 0 Å². The fraction of sp³-hybridized carbons (Fsp3) is 0.333. The van der Waals surface area contributed by atoms with Gasteiger partial charge in [0, 0.05) is 42.2 Å². The predicted molar refractivity (Wildman–Crippen MR) is 105 cm³/mol. The molecule has 0 spiro atoms. The van der Waals surface area contributed by atoms with Crippen molar-refractivity contribution < 1.29 is 31.1 Å². The van der Waals surface area contributed by atoms with E-state index in [-0.39, 0.29) is 32.0 Å². The molecule has 0 aliphatic carbocycles. The number of nitrogens with zero attached hydrogens (tertiary/aromatic N) is 2. The summed E-state index contributed by atoms with van der Waals surface area (Å²) in [4.78, 5) is 13.9. The van der Waals surface area contributed by atoms with E-state index in [1.165, 1.54) is 0 Å². The lowest BCUT2D eigenvalue weighted by molar-refractivity contribution is -0.143. The molecule has 0 unspecified atom stereocenters. The van der Waals surface area contributed by atoms with Crippen LogP contribution < -0.4 is 5.32 Å². The number of hydrogen-bond acceptors (Lipinski definition) is 3. The van der Waals surface area contributed by atoms with E-state index in [9.17, 15) is 36.4 Å². The molecule has 1 N–H and O–H groups in total. The van der Waals surface area contributed by atoms with Crippen molar-refractivity contribution >= 4 is 23.2 Å². The maximum absolute atomic E-state index is 13.1. The van der Waals surface area contributed by atoms with Crippen molar-refractivity contribution in [3.8, 4) is 6.07 Å². The van der Waals surface area contributed by atoms with Crippen LogP contribution in [0.4, 0.5) is 32.0 Å². The van der Waals surface area contributed by atoms with Gasteiger partial charge in [0.2, 0.25) is 0 Å². The highest BCUT2D eigenvalue weighted by Gasteiger charge is 2.40. The number of rotatable bonds is 3. The quantitative estimate of drug-likeness (QED) is 0.555. The lowest BCUT2D eigenvalue weighted by Crippen LogP contribution is -2.50. The zero-order valence-corrected chi connectivity index (χ0v) is 17.1. The number of alkyl halides is 6. The minimum absolute atomic E-state index is 0.0232. The number of carbonyl (C=O) groups excluding carboxylic acids is 1. The Labute approximate surface area is 184 Å². The molecule has 0 bridgehead atoms. The Kier molecular flexibility index (Phi) is 6.33. The number of carbonyl (C=O) groups is 1. The fourth-order valence-corrected chi connectivity index (χ4v) is 3.55. The van der Waals surface area contributed by atoms with Gasteiger partial charge in [-0.3, -0.25) is 4.79 Å². The lowest BCUT2D eigenvalue weighted by atomic mass is 9.88. The molecule has 3 rings (SSSR count). The van der Waals surface area contributed by atoms with E-state index in [4.69, 9.17) is 11.6 Å². The molecule has 0 saturated carbocycles. The Bertz CT molecular complexity index is 1000. The van der Waals surface area contributed by atoms with Gasteiger partial charge < -0.3 is 10.2 Å². The molecule has 1 aliphatic heterocycles. The van der Waals surface area contributed by atoms with Crippen molar-refractivity contribution in [1.29, 1.82) is 5.26 Å². The molecule has 0 atom stereocenters. The van der Waals surface area contributed by atoms with Gasteiger partial charge in [0.25, 0.3) is 5.91 Å². The van der Waals surface area contributed by atoms with Gasteiger partial charge in [-0.1, -0.05) is 11.6 Å². The summed E-state index contributed by atoms with van der Waals surface area (Å²) in [6.45, 7) is -0.0465. The zero-order chi connectivity index (χ0) is 23.7. The Morgan fingerprint density at radius 3 is 1.91 bits per heavy atom. The number of anilines is 1. The first-order chi connectivity index (χ1) is 14.8. The summed E-state index contributed by atoms with van der Waals surface area (Å²) in [5, 5.41) is 13.2. The summed E-state index contributed by atoms with van der Waals surface area (Å²) in [6.07, 6.45) is -9.83. The molecule has 32 heavy (non-hydrogen) atoms. The Morgan fingerprint density at radius 2 is 1.47 bits per heavy atom. The van der Waals surface area contributed by atoms with Crippen LogP contribution in [-0.2, 0) is 12.4 Å². The van der Waals surface area contributed by atoms with Crippen LogP contribution in [0.3, 0.4) is 0 Å². The van der Waals surface area contributed by atoms with Crippen molar-refractivity contribution in [2.24, 2.45) is 0 Å². The summed E-state index contributed by atoms with van der Waals surface area (Å²) < 4.78 is 78.5. The second-order valence-electron chi connectivity index (χ2n) is 7.41. The zero-order valence-electron chi connectivity index (χ0n) is 16.3. The third-order valence-corrected chi connectivity index (χ3v) is 5.43. The van der Waals surface area contributed by atoms with E-state index in [1.807, 2.05) is 0 Å². The van der Waals surface area contributed by atoms with Crippen LogP contribution in [-0.4, -0.2) is 29.4 Å². The second kappa shape index (κ2) is 8.54. The first kappa shape index (κ1) is 23.7. The Morgan fingerprint density at radius 1 is 0.969 bits per heavy atom. The van der Waals surface area contributed by atoms with Crippen molar-refractivity contribution in [3.63, 3.8) is 0 Å². The minimum Gasteiger partial charge on any atom is -0.367 e. The molecule has 1 heterocycles. The number of piperidine rings is 1. The monoisotopic (exact) mass is 475 g/mol. The van der Waals surface area contributed by atoms with E-state index in [2.05, 4.69) is 11.4 Å². The maximum atomic E-state index is 13.1. The molecule has 4 nitrogen and oxygen atoms in total. The third kappa shape index (κ3) is 5.27. The Hall–Kier alpha value is -2.93. The van der Waals surface area contributed by atoms with Crippen LogP contribution in [0.1, 0.15) is 34.3 Å². The summed E-state index contributed by atoms with van der Waals surface area (Å²) in [5.74, 6) is -0.959. The molecule has 1 aliphatic rings. The number of nitrogens with one attached hydrogen (secondary N) is 1. The van der Waals surface area contributed by atoms with E-state index in [0.717, 1.165) is 4.90 Å². The number of hydrogen-bond donors (Lipinski definition) is 1. The number of likely N-dealkylation sites (tertiary alicyclic amines) is 1. The molecule has 0 aromatic heterocycles. The van der Waals surface area contributed by atoms with Crippen molar-refractivity contribution in [2.75, 3.05) is 18.4 Å². The third-order valence-electron chi connectivity index (χ3n) is 5.18. The summed E-state index contributed by atoms with van der Waals surface area (Å²) in [5.41, 5.74) is -4.24. The predicted octanol–water partition coefficient (Wildman–Crippen LogP) is 5.99. The van der Waals surface area contributed by atoms with Crippen LogP contribution in [0.2, 0.25) is 5.02 Å². The standard InChI is InChI=1S/C21H16ClF6N3O/c22-16-1-3-17(4-2-16)30-19(12-29)5-7-31(8-6-19)18(32)13-9-14(20(23,24)25)11-15(10-13)21(26,27)28/h1-4,9-11,30H,5-8H2. The molecule has 1 fully saturated rings. The first-order valence-corrected chi connectivity index (χ1v) is 9.75. The van der Waals surface area contributed by atoms with Crippen LogP contribution in [0.5, 0.6) is 0 Å². The maximum Gasteiger partial charge on any atom is 0.416 e. The minimum atomic E-state index is -5.04. The largest absolute Gasteiger partial charge is 0.416 e. The molecule has 2 aromatic rings. The average molecular weight is 476 g/mol. The van der Waals surface area contributed by atoms with Crippen LogP contribution in [0.15, 0.2) is 42.5 Å². The van der Waals surface area contributed by atoms with Gasteiger partial charge in [-0.05, 0) is 42.5 Å². The lowest BCUT2D eigenvalue weighted by Gasteiger charge is -2.38. The van der Waals surface area contributed by atoms with Gasteiger partial charge in [-0.2, -0.15) is 31.6 Å². The topological polar surface area (TPSA) is 56.1 Å². The highest BCUT2D eigenvalue weighted by Crippen LogP contribution is 2.37. The van der Waals surface area contributed by atoms with Crippen LogP contribution >= 0.6 is 11.6 Å². The van der Waals surface area contributed by atoms with Gasteiger partial charge in [0.1, 0.15) is 5.54 Å². The van der Waals surface area contributed by atoms with Crippen LogP contribution in [0, 0.1) is 11.3 Å². The van der Waals surface area contributed by atoms with Crippen molar-refractivity contribution in [3.05, 3.63) is 64.2 Å². The summed E-state index contributed by atoms with van der Waals surface area (Å²) >= 11 is 5.84. The van der Waals surface area contributed by atoms with E-state index in [0.29, 0.717) is 22.8 Å². The van der Waals surface area contributed by atoms with Gasteiger partial charge in [0.15, 0.2) is 0 Å². The summed E-state index contributed by atoms with van der Waals surface area (Å²) in [6, 6.07) is 9.54. The second-order valence-corrected chi connectivity index (χ2v) is 7.85. The Balaban J connectivity index is 1.80. The number of halogens is 7. The fourth-order valence-electron chi connectivity index (χ4n) is 3.43. The van der Waals surface area contributed by atoms with Crippen molar-refractivity contribution in [2.45, 2.75) is 30.7 Å². The van der Waals surface area contributed by atoms with Crippen LogP contribution in [0.25, 0.3) is 0 Å². The first-order valence-electron chi connectivity index (χ1n) is 9.37. The van der Waals surface area contributed by atoms with E-state index in [1.54, 1.807) is 24.3 Å². The molecular formula is C21H16ClF6N3O. The highest BCUT2D eigenvalue weighted by atomic mass is 35.5. The number of amides is 1. The molecule has 170 valence electrons. The SMILES string of the molecule is N#CC1(Nc2ccc(Cl)cc2)CCN(C(=O)c2cc(C(F)(F)F)cc(C(F)(F)F)c2)CC1. The molecule has 1 saturated heterocycles. The molecule has 2 aromatic carbocycles. The number of nitriles is 1.